The Kier molecular flexibility index (Phi) is 10.9. The van der Waals surface area contributed by atoms with Gasteiger partial charge in [-0.1, -0.05) is 113 Å². The second-order valence-electron chi connectivity index (χ2n) is 12.5. The average molecular weight is 562 g/mol. The van der Waals surface area contributed by atoms with E-state index in [1.807, 2.05) is 49.2 Å². The lowest BCUT2D eigenvalue weighted by molar-refractivity contribution is -0.146. The van der Waals surface area contributed by atoms with Gasteiger partial charge in [0.2, 0.25) is 0 Å². The lowest BCUT2D eigenvalue weighted by Gasteiger charge is -2.35. The summed E-state index contributed by atoms with van der Waals surface area (Å²) in [5, 5.41) is 2.37. The summed E-state index contributed by atoms with van der Waals surface area (Å²) in [6.07, 6.45) is 6.77. The zero-order chi connectivity index (χ0) is 27.9. The maximum absolute atomic E-state index is 13.9. The van der Waals surface area contributed by atoms with Crippen molar-refractivity contribution in [3.05, 3.63) is 104 Å². The molecule has 2 atom stereocenters. The summed E-state index contributed by atoms with van der Waals surface area (Å²) in [4.78, 5) is 25.7. The van der Waals surface area contributed by atoms with Gasteiger partial charge >= 0.3 is 5.97 Å². The van der Waals surface area contributed by atoms with Crippen molar-refractivity contribution in [2.75, 3.05) is 0 Å². The summed E-state index contributed by atoms with van der Waals surface area (Å²) in [6.45, 7) is 18.2. The average Bonchev–Trinajstić information content (AvgIpc) is 3.31. The Bertz CT molecular complexity index is 1020. The number of carbonyl (C=O) groups is 2. The molecule has 1 aliphatic carbocycles. The molecule has 1 fully saturated rings. The standard InChI is InChI=1S/C32H42O3PSi2/c1-25(23-37(2,3)4)31(26(21-22-33)24-38(5,6)7)35-32(34)29-19-14-20-30(29)36(27-15-10-8-11-16-27)28-17-12-9-13-18-28/h8-20,22,26,31H,1,21,23-24H2,2-7H3/t26-,31+/m1/s1. The second-order valence-corrected chi connectivity index (χ2v) is 25.7. The minimum atomic E-state index is -1.54. The lowest BCUT2D eigenvalue weighted by atomic mass is 9.95. The van der Waals surface area contributed by atoms with E-state index >= 15 is 0 Å². The Morgan fingerprint density at radius 1 is 0.895 bits per heavy atom. The van der Waals surface area contributed by atoms with Gasteiger partial charge in [-0.05, 0) is 49.4 Å². The number of rotatable bonds is 13. The van der Waals surface area contributed by atoms with Gasteiger partial charge in [-0.25, -0.2) is 0 Å². The maximum atomic E-state index is 13.9. The second kappa shape index (κ2) is 13.5. The van der Waals surface area contributed by atoms with Gasteiger partial charge in [0.15, 0.2) is 0 Å². The van der Waals surface area contributed by atoms with Crippen LogP contribution < -0.4 is 10.6 Å². The fourth-order valence-corrected chi connectivity index (χ4v) is 11.0. The van der Waals surface area contributed by atoms with Gasteiger partial charge in [-0.15, -0.1) is 0 Å². The first kappa shape index (κ1) is 30.7. The van der Waals surface area contributed by atoms with Crippen molar-refractivity contribution in [2.24, 2.45) is 5.92 Å². The highest BCUT2D eigenvalue weighted by atomic mass is 31.1. The van der Waals surface area contributed by atoms with E-state index < -0.39 is 30.2 Å². The molecule has 2 aromatic rings. The summed E-state index contributed by atoms with van der Waals surface area (Å²) < 4.78 is 6.38. The predicted molar refractivity (Wildman–Crippen MR) is 168 cm³/mol. The largest absolute Gasteiger partial charge is 0.457 e. The van der Waals surface area contributed by atoms with Gasteiger partial charge in [-0.3, -0.25) is 4.79 Å². The van der Waals surface area contributed by atoms with Crippen molar-refractivity contribution in [1.29, 1.82) is 0 Å². The fourth-order valence-electron chi connectivity index (χ4n) is 5.06. The first-order valence-electron chi connectivity index (χ1n) is 13.4. The van der Waals surface area contributed by atoms with Gasteiger partial charge in [-0.2, -0.15) is 0 Å². The number of esters is 1. The topological polar surface area (TPSA) is 43.4 Å². The fraction of sp³-hybridized carbons (Fsp3) is 0.344. The van der Waals surface area contributed by atoms with Crippen molar-refractivity contribution >= 4 is 46.9 Å². The molecule has 1 saturated carbocycles. The van der Waals surface area contributed by atoms with Crippen LogP contribution in [-0.4, -0.2) is 34.5 Å². The molecular formula is C32H42O3PSi2. The molecule has 1 aliphatic rings. The normalized spacial score (nSPS) is 16.8. The number of aldehydes is 1. The van der Waals surface area contributed by atoms with Crippen molar-refractivity contribution < 1.29 is 14.3 Å². The van der Waals surface area contributed by atoms with E-state index in [4.69, 9.17) is 4.74 Å². The van der Waals surface area contributed by atoms with Crippen LogP contribution in [-0.2, 0) is 14.3 Å². The van der Waals surface area contributed by atoms with Crippen LogP contribution in [0, 0.1) is 36.8 Å². The minimum absolute atomic E-state index is 0.0462. The van der Waals surface area contributed by atoms with Gasteiger partial charge in [0.1, 0.15) is 18.3 Å². The summed E-state index contributed by atoms with van der Waals surface area (Å²) in [5.41, 5.74) is 1.94. The quantitative estimate of drug-likeness (QED) is 0.0854. The number of ether oxygens (including phenoxy) is 1. The molecule has 0 aliphatic heterocycles. The smallest absolute Gasteiger partial charge is 0.315 e. The summed E-state index contributed by atoms with van der Waals surface area (Å²) in [5.74, 6) is 0.236. The SMILES string of the molecule is C=C(C[Si](C)(C)C)[C@H](OC(=O)[C]1[CH][CH][CH][C]1P(c1ccccc1)c1ccccc1)[C@H](CC=O)C[Si](C)(C)C. The Morgan fingerprint density at radius 2 is 1.45 bits per heavy atom. The highest BCUT2D eigenvalue weighted by Gasteiger charge is 2.44. The molecule has 3 nitrogen and oxygen atoms in total. The van der Waals surface area contributed by atoms with Crippen molar-refractivity contribution in [3.63, 3.8) is 0 Å². The highest BCUT2D eigenvalue weighted by Crippen LogP contribution is 2.56. The maximum Gasteiger partial charge on any atom is 0.315 e. The summed E-state index contributed by atoms with van der Waals surface area (Å²) >= 11 is 0. The molecule has 0 bridgehead atoms. The van der Waals surface area contributed by atoms with Crippen LogP contribution in [0.25, 0.3) is 0 Å². The van der Waals surface area contributed by atoms with E-state index in [2.05, 4.69) is 76.5 Å². The molecule has 201 valence electrons. The van der Waals surface area contributed by atoms with Gasteiger partial charge in [0.25, 0.3) is 0 Å². The van der Waals surface area contributed by atoms with E-state index in [0.29, 0.717) is 12.3 Å². The molecule has 0 unspecified atom stereocenters. The van der Waals surface area contributed by atoms with E-state index in [1.165, 1.54) is 10.6 Å². The summed E-state index contributed by atoms with van der Waals surface area (Å²) in [6, 6.07) is 22.5. The molecule has 0 aromatic heterocycles. The molecule has 2 aromatic carbocycles. The van der Waals surface area contributed by atoms with Crippen LogP contribution >= 0.6 is 7.92 Å². The molecule has 6 heteroatoms. The van der Waals surface area contributed by atoms with Crippen molar-refractivity contribution in [3.8, 4) is 0 Å². The number of hydrogen-bond acceptors (Lipinski definition) is 3. The van der Waals surface area contributed by atoms with Crippen LogP contribution in [0.2, 0.25) is 51.4 Å². The molecule has 3 rings (SSSR count). The zero-order valence-electron chi connectivity index (χ0n) is 23.7. The van der Waals surface area contributed by atoms with Gasteiger partial charge in [0, 0.05) is 34.1 Å². The van der Waals surface area contributed by atoms with E-state index in [1.54, 1.807) is 0 Å². The van der Waals surface area contributed by atoms with E-state index in [-0.39, 0.29) is 11.9 Å². The van der Waals surface area contributed by atoms with Crippen LogP contribution in [0.5, 0.6) is 0 Å². The Labute approximate surface area is 234 Å². The lowest BCUT2D eigenvalue weighted by Crippen LogP contribution is -2.38. The first-order chi connectivity index (χ1) is 17.9. The van der Waals surface area contributed by atoms with E-state index in [9.17, 15) is 9.59 Å². The third-order valence-corrected chi connectivity index (χ3v) is 12.1. The zero-order valence-corrected chi connectivity index (χ0v) is 26.6. The predicted octanol–water partition coefficient (Wildman–Crippen LogP) is 7.20. The third kappa shape index (κ3) is 8.86. The molecule has 5 radical (unpaired) electrons. The Balaban J connectivity index is 1.93. The minimum Gasteiger partial charge on any atom is -0.457 e. The number of benzene rings is 2. The third-order valence-electron chi connectivity index (χ3n) is 6.38. The van der Waals surface area contributed by atoms with E-state index in [0.717, 1.165) is 29.6 Å². The van der Waals surface area contributed by atoms with Crippen molar-refractivity contribution in [2.45, 2.75) is 63.9 Å². The molecule has 0 heterocycles. The number of hydrogen-bond donors (Lipinski definition) is 0. The Hall–Kier alpha value is -1.82. The monoisotopic (exact) mass is 561 g/mol. The molecule has 0 saturated heterocycles. The van der Waals surface area contributed by atoms with Crippen molar-refractivity contribution in [1.82, 2.24) is 0 Å². The highest BCUT2D eigenvalue weighted by molar-refractivity contribution is 7.76. The molecule has 0 spiro atoms. The molecule has 38 heavy (non-hydrogen) atoms. The molecular weight excluding hydrogens is 519 g/mol. The summed E-state index contributed by atoms with van der Waals surface area (Å²) in [7, 11) is -3.98. The van der Waals surface area contributed by atoms with Crippen LogP contribution in [0.1, 0.15) is 6.42 Å². The van der Waals surface area contributed by atoms with Crippen LogP contribution in [0.3, 0.4) is 0 Å². The Morgan fingerprint density at radius 3 is 1.92 bits per heavy atom. The van der Waals surface area contributed by atoms with Crippen LogP contribution in [0.4, 0.5) is 0 Å². The molecule has 0 amide bonds. The van der Waals surface area contributed by atoms with Gasteiger partial charge in [0.05, 0.1) is 0 Å². The van der Waals surface area contributed by atoms with Crippen LogP contribution in [0.15, 0.2) is 72.8 Å². The first-order valence-corrected chi connectivity index (χ1v) is 22.1. The van der Waals surface area contributed by atoms with Gasteiger partial charge < -0.3 is 9.53 Å². The number of carbonyl (C=O) groups excluding carboxylic acids is 2. The molecule has 0 N–H and O–H groups in total.